The number of nitrogens with one attached hydrogen (secondary N) is 3. The fraction of sp³-hybridized carbons (Fsp3) is 0.429. The van der Waals surface area contributed by atoms with Crippen molar-refractivity contribution in [2.75, 3.05) is 18.4 Å². The van der Waals surface area contributed by atoms with Gasteiger partial charge in [-0.25, -0.2) is 9.59 Å². The van der Waals surface area contributed by atoms with Crippen LogP contribution < -0.4 is 20.5 Å². The standard InChI is InChI=1S/C28H35N5O6/c1-27(2,3)39-25(35)29-16-6-7-17-33-24(34)28(4,5)18-23(31-33)19-8-10-20(11-9-19)30-26(36)38-22-14-12-21(32-37)13-15-22/h8-15H,6-7,16-18H2,1-5H3,(H,29,35)(H,30,36)/p+1. The van der Waals surface area contributed by atoms with Crippen LogP contribution in [0.1, 0.15) is 59.4 Å². The van der Waals surface area contributed by atoms with Gasteiger partial charge in [-0.15, -0.1) is 15.0 Å². The van der Waals surface area contributed by atoms with Crippen molar-refractivity contribution in [2.24, 2.45) is 10.6 Å². The van der Waals surface area contributed by atoms with Crippen LogP contribution in [0.4, 0.5) is 21.0 Å². The fourth-order valence-electron chi connectivity index (χ4n) is 3.94. The maximum absolute atomic E-state index is 13.0. The van der Waals surface area contributed by atoms with Crippen molar-refractivity contribution in [2.45, 2.75) is 59.5 Å². The first-order valence-corrected chi connectivity index (χ1v) is 12.8. The van der Waals surface area contributed by atoms with Gasteiger partial charge in [0.25, 0.3) is 5.91 Å². The molecule has 2 aromatic carbocycles. The molecule has 0 bridgehead atoms. The lowest BCUT2D eigenvalue weighted by Gasteiger charge is -2.29. The number of rotatable bonds is 9. The number of nitrogens with zero attached hydrogens (tertiary/aromatic N) is 2. The summed E-state index contributed by atoms with van der Waals surface area (Å²) < 4.78 is 10.5. The van der Waals surface area contributed by atoms with Crippen molar-refractivity contribution in [1.82, 2.24) is 10.3 Å². The normalized spacial score (nSPS) is 14.7. The number of ether oxygens (including phenoxy) is 2. The molecule has 0 atom stereocenters. The van der Waals surface area contributed by atoms with Crippen LogP contribution in [0.3, 0.4) is 0 Å². The molecule has 11 nitrogen and oxygen atoms in total. The van der Waals surface area contributed by atoms with Crippen molar-refractivity contribution in [3.05, 3.63) is 59.0 Å². The SMILES string of the molecule is CC(C)(C)OC(=O)NCCCCN1[NH+]=C(c2ccc(NC(=O)Oc3ccc(N=O)cc3)cc2)CC(C)(C)C1=O. The topological polar surface area (TPSA) is 140 Å². The summed E-state index contributed by atoms with van der Waals surface area (Å²) in [5, 5.41) is 13.1. The lowest BCUT2D eigenvalue weighted by atomic mass is 9.82. The van der Waals surface area contributed by atoms with E-state index in [2.05, 4.69) is 20.9 Å². The lowest BCUT2D eigenvalue weighted by molar-refractivity contribution is -0.629. The van der Waals surface area contributed by atoms with E-state index >= 15 is 0 Å². The van der Waals surface area contributed by atoms with Gasteiger partial charge in [-0.2, -0.15) is 0 Å². The molecule has 0 fully saturated rings. The smallest absolute Gasteiger partial charge is 0.417 e. The van der Waals surface area contributed by atoms with Gasteiger partial charge in [0, 0.05) is 24.2 Å². The largest absolute Gasteiger partial charge is 0.444 e. The molecule has 1 aliphatic rings. The quantitative estimate of drug-likeness (QED) is 0.325. The van der Waals surface area contributed by atoms with Crippen LogP contribution in [0.15, 0.2) is 53.7 Å². The Bertz CT molecular complexity index is 1220. The third-order valence-corrected chi connectivity index (χ3v) is 5.82. The Kier molecular flexibility index (Phi) is 9.39. The van der Waals surface area contributed by atoms with Crippen LogP contribution in [0.5, 0.6) is 5.75 Å². The molecular formula is C28H36N5O6+. The van der Waals surface area contributed by atoms with Crippen LogP contribution in [0.25, 0.3) is 0 Å². The number of unbranched alkanes of at least 4 members (excludes halogenated alkanes) is 1. The molecule has 0 spiro atoms. The highest BCUT2D eigenvalue weighted by atomic mass is 16.6. The van der Waals surface area contributed by atoms with Gasteiger partial charge in [0.2, 0.25) is 5.71 Å². The molecule has 0 aromatic heterocycles. The van der Waals surface area contributed by atoms with Crippen molar-refractivity contribution in [3.8, 4) is 5.75 Å². The highest BCUT2D eigenvalue weighted by molar-refractivity contribution is 6.01. The Morgan fingerprint density at radius 1 is 1.03 bits per heavy atom. The molecule has 11 heteroatoms. The average Bonchev–Trinajstić information content (AvgIpc) is 2.86. The molecular weight excluding hydrogens is 502 g/mol. The van der Waals surface area contributed by atoms with Crippen molar-refractivity contribution in [1.29, 1.82) is 0 Å². The molecule has 0 unspecified atom stereocenters. The second kappa shape index (κ2) is 12.5. The molecule has 0 saturated heterocycles. The highest BCUT2D eigenvalue weighted by Gasteiger charge is 2.42. The van der Waals surface area contributed by atoms with Crippen LogP contribution in [-0.2, 0) is 9.53 Å². The minimum atomic E-state index is -0.669. The average molecular weight is 539 g/mol. The van der Waals surface area contributed by atoms with E-state index in [1.165, 1.54) is 24.3 Å². The van der Waals surface area contributed by atoms with Gasteiger partial charge in [0.15, 0.2) is 0 Å². The van der Waals surface area contributed by atoms with Gasteiger partial charge in [0.1, 0.15) is 17.0 Å². The second-order valence-electron chi connectivity index (χ2n) is 10.9. The first-order valence-electron chi connectivity index (χ1n) is 12.8. The summed E-state index contributed by atoms with van der Waals surface area (Å²) in [5.74, 6) is 0.287. The molecule has 39 heavy (non-hydrogen) atoms. The summed E-state index contributed by atoms with van der Waals surface area (Å²) in [5.41, 5.74) is 1.42. The van der Waals surface area contributed by atoms with Gasteiger partial charge in [0.05, 0.1) is 12.0 Å². The van der Waals surface area contributed by atoms with E-state index < -0.39 is 23.2 Å². The maximum Gasteiger partial charge on any atom is 0.417 e. The van der Waals surface area contributed by atoms with E-state index in [-0.39, 0.29) is 17.3 Å². The predicted molar refractivity (Wildman–Crippen MR) is 147 cm³/mol. The van der Waals surface area contributed by atoms with E-state index in [4.69, 9.17) is 9.47 Å². The summed E-state index contributed by atoms with van der Waals surface area (Å²) >= 11 is 0. The number of carbonyl (C=O) groups is 3. The fourth-order valence-corrected chi connectivity index (χ4v) is 3.94. The Labute approximate surface area is 227 Å². The Morgan fingerprint density at radius 3 is 2.31 bits per heavy atom. The number of hydrazone groups is 1. The number of hydrogen-bond acceptors (Lipinski definition) is 7. The molecule has 0 radical (unpaired) electrons. The van der Waals surface area contributed by atoms with E-state index in [1.54, 1.807) is 17.1 Å². The van der Waals surface area contributed by atoms with E-state index in [9.17, 15) is 19.3 Å². The monoisotopic (exact) mass is 538 g/mol. The number of nitroso groups, excluding NO2 is 1. The van der Waals surface area contributed by atoms with E-state index in [0.717, 1.165) is 11.3 Å². The summed E-state index contributed by atoms with van der Waals surface area (Å²) in [6.45, 7) is 10.2. The Balaban J connectivity index is 1.56. The number of amides is 3. The third kappa shape index (κ3) is 8.91. The number of anilines is 1. The van der Waals surface area contributed by atoms with E-state index in [0.29, 0.717) is 38.0 Å². The zero-order chi connectivity index (χ0) is 28.6. The van der Waals surface area contributed by atoms with Gasteiger partial charge >= 0.3 is 12.2 Å². The van der Waals surface area contributed by atoms with Crippen molar-refractivity contribution >= 4 is 35.2 Å². The summed E-state index contributed by atoms with van der Waals surface area (Å²) in [6.07, 6.45) is 0.787. The molecule has 3 N–H and O–H groups in total. The number of hydrogen-bond donors (Lipinski definition) is 3. The van der Waals surface area contributed by atoms with Gasteiger partial charge in [-0.3, -0.25) is 10.1 Å². The first-order chi connectivity index (χ1) is 18.4. The highest BCUT2D eigenvalue weighted by Crippen LogP contribution is 2.26. The van der Waals surface area contributed by atoms with Crippen molar-refractivity contribution in [3.63, 3.8) is 0 Å². The zero-order valence-electron chi connectivity index (χ0n) is 23.0. The molecule has 3 rings (SSSR count). The molecule has 3 amide bonds. The molecule has 208 valence electrons. The summed E-state index contributed by atoms with van der Waals surface area (Å²) in [6, 6.07) is 13.1. The number of benzene rings is 2. The van der Waals surface area contributed by atoms with Crippen LogP contribution in [0.2, 0.25) is 0 Å². The maximum atomic E-state index is 13.0. The molecule has 1 heterocycles. The lowest BCUT2D eigenvalue weighted by Crippen LogP contribution is -2.89. The number of hydrazine groups is 1. The van der Waals surface area contributed by atoms with Crippen LogP contribution in [-0.4, -0.2) is 47.5 Å². The number of carbonyl (C=O) groups excluding carboxylic acids is 3. The van der Waals surface area contributed by atoms with Gasteiger partial charge in [-0.1, -0.05) is 13.8 Å². The molecule has 1 aliphatic heterocycles. The second-order valence-corrected chi connectivity index (χ2v) is 10.9. The molecule has 0 aliphatic carbocycles. The Hall–Kier alpha value is -4.28. The summed E-state index contributed by atoms with van der Waals surface area (Å²) in [7, 11) is 0. The molecule has 0 saturated carbocycles. The molecule has 2 aromatic rings. The van der Waals surface area contributed by atoms with Crippen LogP contribution in [0, 0.1) is 10.3 Å². The minimum Gasteiger partial charge on any atom is -0.444 e. The Morgan fingerprint density at radius 2 is 1.69 bits per heavy atom. The zero-order valence-corrected chi connectivity index (χ0v) is 23.0. The third-order valence-electron chi connectivity index (χ3n) is 5.82. The predicted octanol–water partition coefficient (Wildman–Crippen LogP) is 4.04. The number of alkyl carbamates (subject to hydrolysis) is 1. The van der Waals surface area contributed by atoms with Crippen molar-refractivity contribution < 1.29 is 29.0 Å². The first kappa shape index (κ1) is 29.3. The van der Waals surface area contributed by atoms with Gasteiger partial charge < -0.3 is 14.8 Å². The van der Waals surface area contributed by atoms with Gasteiger partial charge in [-0.05, 0) is 87.3 Å². The van der Waals surface area contributed by atoms with E-state index in [1.807, 2.05) is 46.8 Å². The summed E-state index contributed by atoms with van der Waals surface area (Å²) in [4.78, 5) is 47.5. The van der Waals surface area contributed by atoms with Crippen LogP contribution >= 0.6 is 0 Å². The minimum absolute atomic E-state index is 0.00402.